The number of hydrogen-bond acceptors (Lipinski definition) is 3. The van der Waals surface area contributed by atoms with Gasteiger partial charge in [0.15, 0.2) is 0 Å². The minimum atomic E-state index is 0.0968. The fraction of sp³-hybridized carbons (Fsp3) is 0.333. The van der Waals surface area contributed by atoms with Gasteiger partial charge in [-0.2, -0.15) is 0 Å². The molecule has 0 saturated carbocycles. The van der Waals surface area contributed by atoms with E-state index in [1.54, 1.807) is 0 Å². The second-order valence-electron chi connectivity index (χ2n) is 2.80. The van der Waals surface area contributed by atoms with E-state index in [1.165, 1.54) is 5.56 Å². The van der Waals surface area contributed by atoms with Crippen LogP contribution in [0.5, 0.6) is 0 Å². The average molecular weight is 179 g/mol. The van der Waals surface area contributed by atoms with Crippen molar-refractivity contribution in [3.63, 3.8) is 0 Å². The average Bonchev–Trinajstić information content (AvgIpc) is 2.19. The van der Waals surface area contributed by atoms with Crippen LogP contribution in [0.3, 0.4) is 0 Å². The summed E-state index contributed by atoms with van der Waals surface area (Å²) in [6, 6.07) is 7.81. The Morgan fingerprint density at radius 2 is 1.85 bits per heavy atom. The number of aliphatic hydroxyl groups is 1. The summed E-state index contributed by atoms with van der Waals surface area (Å²) >= 11 is 0. The van der Waals surface area contributed by atoms with E-state index in [0.717, 1.165) is 11.9 Å². The van der Waals surface area contributed by atoms with Gasteiger partial charge in [0.25, 0.3) is 7.48 Å². The van der Waals surface area contributed by atoms with Crippen LogP contribution in [-0.4, -0.2) is 19.3 Å². The molecule has 0 atom stereocenters. The molecule has 0 spiro atoms. The largest absolute Gasteiger partial charge is 0.427 e. The zero-order valence-electron chi connectivity index (χ0n) is 7.57. The maximum Gasteiger partial charge on any atom is 0.281 e. The van der Waals surface area contributed by atoms with Crippen molar-refractivity contribution in [1.82, 2.24) is 0 Å². The Bertz CT molecular complexity index is 238. The van der Waals surface area contributed by atoms with Crippen LogP contribution in [0.1, 0.15) is 11.1 Å². The monoisotopic (exact) mass is 179 g/mol. The van der Waals surface area contributed by atoms with E-state index in [4.69, 9.17) is 15.5 Å². The Kier molecular flexibility index (Phi) is 4.53. The molecule has 3 N–H and O–H groups in total. The van der Waals surface area contributed by atoms with Crippen LogP contribution in [0.15, 0.2) is 24.3 Å². The van der Waals surface area contributed by atoms with Crippen molar-refractivity contribution in [3.05, 3.63) is 35.4 Å². The first-order chi connectivity index (χ1) is 6.36. The molecule has 0 amide bonds. The van der Waals surface area contributed by atoms with Crippen molar-refractivity contribution in [2.45, 2.75) is 12.9 Å². The molecule has 3 nitrogen and oxygen atoms in total. The molecule has 1 aromatic carbocycles. The minimum Gasteiger partial charge on any atom is -0.427 e. The summed E-state index contributed by atoms with van der Waals surface area (Å²) in [4.78, 5) is 0. The molecule has 0 radical (unpaired) electrons. The normalized spacial score (nSPS) is 10.0. The molecule has 0 aliphatic heterocycles. The van der Waals surface area contributed by atoms with E-state index in [9.17, 15) is 0 Å². The highest BCUT2D eigenvalue weighted by Gasteiger charge is 1.95. The van der Waals surface area contributed by atoms with Gasteiger partial charge in [-0.15, -0.1) is 0 Å². The second kappa shape index (κ2) is 5.75. The van der Waals surface area contributed by atoms with Crippen molar-refractivity contribution in [1.29, 1.82) is 0 Å². The van der Waals surface area contributed by atoms with Crippen LogP contribution >= 0.6 is 0 Å². The van der Waals surface area contributed by atoms with Crippen molar-refractivity contribution in [2.24, 2.45) is 5.73 Å². The van der Waals surface area contributed by atoms with Crippen molar-refractivity contribution < 1.29 is 9.76 Å². The van der Waals surface area contributed by atoms with Gasteiger partial charge in [0.2, 0.25) is 0 Å². The van der Waals surface area contributed by atoms with Gasteiger partial charge < -0.3 is 15.5 Å². The van der Waals surface area contributed by atoms with Gasteiger partial charge in [0.05, 0.1) is 13.3 Å². The lowest BCUT2D eigenvalue weighted by Gasteiger charge is -2.01. The molecule has 1 rings (SSSR count). The highest BCUT2D eigenvalue weighted by molar-refractivity contribution is 6.26. The van der Waals surface area contributed by atoms with Crippen molar-refractivity contribution in [2.75, 3.05) is 6.73 Å². The molecule has 0 saturated heterocycles. The molecular formula is C9H14BNO2. The van der Waals surface area contributed by atoms with E-state index < -0.39 is 0 Å². The molecule has 1 aromatic rings. The molecule has 70 valence electrons. The Morgan fingerprint density at radius 1 is 1.23 bits per heavy atom. The van der Waals surface area contributed by atoms with Crippen LogP contribution in [-0.2, 0) is 17.6 Å². The van der Waals surface area contributed by atoms with Crippen molar-refractivity contribution in [3.8, 4) is 0 Å². The Balaban J connectivity index is 2.40. The number of nitrogens with two attached hydrogens (primary N) is 1. The standard InChI is InChI=1S/C9H14BNO2/c11-7-13-10-5-8-1-3-9(6-12)4-2-8/h1-4,10,12H,5-7,11H2. The van der Waals surface area contributed by atoms with E-state index in [-0.39, 0.29) is 13.3 Å². The molecule has 0 fully saturated rings. The number of rotatable bonds is 5. The van der Waals surface area contributed by atoms with Crippen LogP contribution in [0, 0.1) is 0 Å². The van der Waals surface area contributed by atoms with Gasteiger partial charge in [0, 0.05) is 0 Å². The topological polar surface area (TPSA) is 55.5 Å². The molecule has 13 heavy (non-hydrogen) atoms. The first-order valence-corrected chi connectivity index (χ1v) is 4.33. The second-order valence-corrected chi connectivity index (χ2v) is 2.80. The molecule has 0 aliphatic carbocycles. The zero-order valence-corrected chi connectivity index (χ0v) is 7.57. The van der Waals surface area contributed by atoms with Gasteiger partial charge >= 0.3 is 0 Å². The Labute approximate surface area is 78.8 Å². The molecule has 0 unspecified atom stereocenters. The van der Waals surface area contributed by atoms with Gasteiger partial charge in [-0.05, 0) is 11.9 Å². The Hall–Kier alpha value is -0.835. The quantitative estimate of drug-likeness (QED) is 0.379. The van der Waals surface area contributed by atoms with Crippen molar-refractivity contribution >= 4 is 7.48 Å². The first kappa shape index (κ1) is 10.2. The number of aliphatic hydroxyl groups excluding tert-OH is 1. The maximum atomic E-state index is 8.80. The fourth-order valence-corrected chi connectivity index (χ4v) is 1.08. The van der Waals surface area contributed by atoms with E-state index in [2.05, 4.69) is 0 Å². The third-order valence-electron chi connectivity index (χ3n) is 1.86. The van der Waals surface area contributed by atoms with Crippen LogP contribution in [0.2, 0.25) is 0 Å². The van der Waals surface area contributed by atoms with Gasteiger partial charge in [-0.3, -0.25) is 0 Å². The maximum absolute atomic E-state index is 8.80. The molecule has 0 aliphatic rings. The van der Waals surface area contributed by atoms with E-state index >= 15 is 0 Å². The summed E-state index contributed by atoms with van der Waals surface area (Å²) in [5.74, 6) is 0. The van der Waals surface area contributed by atoms with Crippen LogP contribution in [0.4, 0.5) is 0 Å². The first-order valence-electron chi connectivity index (χ1n) is 4.33. The van der Waals surface area contributed by atoms with E-state index in [1.807, 2.05) is 24.3 Å². The molecule has 0 aromatic heterocycles. The summed E-state index contributed by atoms with van der Waals surface area (Å²) in [6.45, 7) is 0.369. The van der Waals surface area contributed by atoms with E-state index in [0.29, 0.717) is 7.48 Å². The summed E-state index contributed by atoms with van der Waals surface area (Å²) in [6.07, 6.45) is 0.864. The number of hydrogen-bond donors (Lipinski definition) is 2. The minimum absolute atomic E-state index is 0.0968. The Morgan fingerprint density at radius 3 is 2.38 bits per heavy atom. The van der Waals surface area contributed by atoms with Gasteiger partial charge in [0.1, 0.15) is 0 Å². The highest BCUT2D eigenvalue weighted by Crippen LogP contribution is 2.04. The van der Waals surface area contributed by atoms with Gasteiger partial charge in [-0.25, -0.2) is 0 Å². The molecule has 0 heterocycles. The summed E-state index contributed by atoms with van der Waals surface area (Å²) in [5, 5.41) is 8.80. The summed E-state index contributed by atoms with van der Waals surface area (Å²) in [5.41, 5.74) is 7.32. The lowest BCUT2D eigenvalue weighted by atomic mass is 9.89. The molecular weight excluding hydrogens is 165 g/mol. The molecule has 4 heteroatoms. The lowest BCUT2D eigenvalue weighted by molar-refractivity contribution is 0.282. The third-order valence-corrected chi connectivity index (χ3v) is 1.86. The summed E-state index contributed by atoms with van der Waals surface area (Å²) < 4.78 is 5.02. The predicted molar refractivity (Wildman–Crippen MR) is 53.4 cm³/mol. The van der Waals surface area contributed by atoms with Crippen LogP contribution < -0.4 is 5.73 Å². The zero-order chi connectivity index (χ0) is 9.52. The molecule has 0 bridgehead atoms. The predicted octanol–water partition coefficient (Wildman–Crippen LogP) is -0.0368. The third kappa shape index (κ3) is 3.59. The van der Waals surface area contributed by atoms with Crippen LogP contribution in [0.25, 0.3) is 0 Å². The smallest absolute Gasteiger partial charge is 0.281 e. The highest BCUT2D eigenvalue weighted by atomic mass is 16.4. The summed E-state index contributed by atoms with van der Waals surface area (Å²) in [7, 11) is 0.648. The lowest BCUT2D eigenvalue weighted by Crippen LogP contribution is -2.10. The SMILES string of the molecule is NCOBCc1ccc(CO)cc1. The van der Waals surface area contributed by atoms with Gasteiger partial charge in [-0.1, -0.05) is 29.8 Å². The fourth-order valence-electron chi connectivity index (χ4n) is 1.08. The number of benzene rings is 1.